The lowest BCUT2D eigenvalue weighted by Crippen LogP contribution is -2.11. The molecule has 0 N–H and O–H groups in total. The van der Waals surface area contributed by atoms with Gasteiger partial charge in [0.05, 0.1) is 22.1 Å². The number of rotatable bonds is 8. The van der Waals surface area contributed by atoms with E-state index in [1.807, 2.05) is 6.07 Å². The molecular formula is C60H40N2O. The van der Waals surface area contributed by atoms with E-state index < -0.39 is 0 Å². The van der Waals surface area contributed by atoms with E-state index in [1.54, 1.807) is 0 Å². The standard InChI is InChI=1S/C60H40N2O/c1-4-16-41(17-5-1)43-32-36-48(37-33-43)61(55-25-13-10-22-50(55)45-18-6-2-7-19-45)49-38-34-44(35-39-49)42-28-30-46(31-29-42)53-40-54-51-23-12-15-27-57(51)63-60(54)58-52-24-11-14-26-56(52)62(59(53)58)47-20-8-3-9-21-47/h1-40H. The minimum Gasteiger partial charge on any atom is -0.455 e. The normalized spacial score (nSPS) is 11.5. The van der Waals surface area contributed by atoms with Crippen LogP contribution >= 0.6 is 0 Å². The zero-order valence-corrected chi connectivity index (χ0v) is 34.4. The second-order valence-electron chi connectivity index (χ2n) is 16.1. The number of anilines is 3. The van der Waals surface area contributed by atoms with Crippen LogP contribution < -0.4 is 4.90 Å². The molecule has 0 spiro atoms. The Kier molecular flexibility index (Phi) is 8.83. The molecular weight excluding hydrogens is 765 g/mol. The molecule has 10 aromatic carbocycles. The maximum atomic E-state index is 6.71. The summed E-state index contributed by atoms with van der Waals surface area (Å²) in [4.78, 5) is 2.37. The van der Waals surface area contributed by atoms with Gasteiger partial charge in [-0.3, -0.25) is 0 Å². The lowest BCUT2D eigenvalue weighted by atomic mass is 9.96. The van der Waals surface area contributed by atoms with Crippen molar-refractivity contribution in [1.29, 1.82) is 0 Å². The number of benzene rings is 10. The highest BCUT2D eigenvalue weighted by molar-refractivity contribution is 6.27. The summed E-state index contributed by atoms with van der Waals surface area (Å²) in [5.41, 5.74) is 17.9. The third-order valence-corrected chi connectivity index (χ3v) is 12.4. The van der Waals surface area contributed by atoms with E-state index in [0.717, 1.165) is 83.4 Å². The number of furan rings is 1. The Labute approximate surface area is 366 Å². The monoisotopic (exact) mass is 804 g/mol. The van der Waals surface area contributed by atoms with Gasteiger partial charge in [0.15, 0.2) is 0 Å². The van der Waals surface area contributed by atoms with Crippen molar-refractivity contribution in [1.82, 2.24) is 4.57 Å². The molecule has 3 heteroatoms. The van der Waals surface area contributed by atoms with Crippen LogP contribution in [0.1, 0.15) is 0 Å². The number of para-hydroxylation sites is 4. The molecule has 0 aliphatic heterocycles. The molecule has 296 valence electrons. The Balaban J connectivity index is 0.966. The van der Waals surface area contributed by atoms with Gasteiger partial charge in [-0.2, -0.15) is 0 Å². The van der Waals surface area contributed by atoms with Gasteiger partial charge in [-0.1, -0.05) is 182 Å². The number of aromatic nitrogens is 1. The van der Waals surface area contributed by atoms with Crippen molar-refractivity contribution in [2.45, 2.75) is 0 Å². The van der Waals surface area contributed by atoms with E-state index in [0.29, 0.717) is 0 Å². The Hall–Kier alpha value is -8.40. The third-order valence-electron chi connectivity index (χ3n) is 12.4. The average Bonchev–Trinajstić information content (AvgIpc) is 3.92. The van der Waals surface area contributed by atoms with E-state index in [9.17, 15) is 0 Å². The fourth-order valence-corrected chi connectivity index (χ4v) is 9.43. The van der Waals surface area contributed by atoms with Gasteiger partial charge in [-0.15, -0.1) is 0 Å². The van der Waals surface area contributed by atoms with Crippen molar-refractivity contribution in [2.24, 2.45) is 0 Å². The van der Waals surface area contributed by atoms with E-state index in [1.165, 1.54) is 27.6 Å². The largest absolute Gasteiger partial charge is 0.455 e. The minimum atomic E-state index is 0.896. The molecule has 0 saturated heterocycles. The van der Waals surface area contributed by atoms with Gasteiger partial charge in [0.1, 0.15) is 11.2 Å². The topological polar surface area (TPSA) is 21.3 Å². The highest BCUT2D eigenvalue weighted by atomic mass is 16.3. The summed E-state index contributed by atoms with van der Waals surface area (Å²) in [6.07, 6.45) is 0. The molecule has 0 unspecified atom stereocenters. The number of nitrogens with zero attached hydrogens (tertiary/aromatic N) is 2. The van der Waals surface area contributed by atoms with Crippen molar-refractivity contribution in [3.05, 3.63) is 243 Å². The van der Waals surface area contributed by atoms with Gasteiger partial charge in [0.2, 0.25) is 0 Å². The lowest BCUT2D eigenvalue weighted by Gasteiger charge is -2.28. The number of fused-ring (bicyclic) bond motifs is 7. The average molecular weight is 805 g/mol. The van der Waals surface area contributed by atoms with Crippen molar-refractivity contribution in [3.63, 3.8) is 0 Å². The fraction of sp³-hybridized carbons (Fsp3) is 0. The molecule has 12 aromatic rings. The summed E-state index contributed by atoms with van der Waals surface area (Å²) >= 11 is 0. The van der Waals surface area contributed by atoms with Gasteiger partial charge in [-0.05, 0) is 94.0 Å². The first-order valence-corrected chi connectivity index (χ1v) is 21.5. The molecule has 3 nitrogen and oxygen atoms in total. The van der Waals surface area contributed by atoms with Gasteiger partial charge in [0, 0.05) is 44.3 Å². The summed E-state index contributed by atoms with van der Waals surface area (Å²) in [6, 6.07) is 86.9. The van der Waals surface area contributed by atoms with Crippen molar-refractivity contribution in [3.8, 4) is 50.2 Å². The fourth-order valence-electron chi connectivity index (χ4n) is 9.43. The van der Waals surface area contributed by atoms with Crippen molar-refractivity contribution < 1.29 is 4.42 Å². The number of hydrogen-bond donors (Lipinski definition) is 0. The predicted molar refractivity (Wildman–Crippen MR) is 264 cm³/mol. The van der Waals surface area contributed by atoms with Crippen molar-refractivity contribution in [2.75, 3.05) is 4.90 Å². The zero-order chi connectivity index (χ0) is 41.7. The zero-order valence-electron chi connectivity index (χ0n) is 34.4. The van der Waals surface area contributed by atoms with Gasteiger partial charge < -0.3 is 13.9 Å². The maximum Gasteiger partial charge on any atom is 0.145 e. The highest BCUT2D eigenvalue weighted by Gasteiger charge is 2.23. The smallest absolute Gasteiger partial charge is 0.145 e. The van der Waals surface area contributed by atoms with Crippen LogP contribution in [0.2, 0.25) is 0 Å². The Bertz CT molecular complexity index is 3570. The first kappa shape index (κ1) is 36.5. The van der Waals surface area contributed by atoms with Crippen LogP contribution in [0.15, 0.2) is 247 Å². The first-order valence-electron chi connectivity index (χ1n) is 21.5. The molecule has 0 aliphatic rings. The summed E-state index contributed by atoms with van der Waals surface area (Å²) in [5, 5.41) is 4.55. The van der Waals surface area contributed by atoms with E-state index in [4.69, 9.17) is 4.42 Å². The van der Waals surface area contributed by atoms with Crippen LogP contribution in [-0.4, -0.2) is 4.57 Å². The highest BCUT2D eigenvalue weighted by Crippen LogP contribution is 2.46. The van der Waals surface area contributed by atoms with E-state index >= 15 is 0 Å². The first-order chi connectivity index (χ1) is 31.3. The maximum absolute atomic E-state index is 6.71. The molecule has 0 radical (unpaired) electrons. The second-order valence-corrected chi connectivity index (χ2v) is 16.1. The minimum absolute atomic E-state index is 0.896. The SMILES string of the molecule is c1ccc(-c2ccc(N(c3ccc(-c4ccc(-c5cc6c7ccccc7oc6c6c7ccccc7n(-c7ccccc7)c56)cc4)cc3)c3ccccc3-c3ccccc3)cc2)cc1. The summed E-state index contributed by atoms with van der Waals surface area (Å²) in [6.45, 7) is 0. The number of hydrogen-bond acceptors (Lipinski definition) is 2. The molecule has 12 rings (SSSR count). The van der Waals surface area contributed by atoms with Crippen LogP contribution in [0.3, 0.4) is 0 Å². The van der Waals surface area contributed by atoms with Gasteiger partial charge in [0.25, 0.3) is 0 Å². The molecule has 2 heterocycles. The van der Waals surface area contributed by atoms with Crippen molar-refractivity contribution >= 4 is 60.8 Å². The second kappa shape index (κ2) is 15.3. The van der Waals surface area contributed by atoms with Crippen LogP contribution in [0.25, 0.3) is 93.9 Å². The molecule has 0 bridgehead atoms. The quantitative estimate of drug-likeness (QED) is 0.153. The molecule has 0 fully saturated rings. The van der Waals surface area contributed by atoms with Gasteiger partial charge in [-0.25, -0.2) is 0 Å². The Morgan fingerprint density at radius 1 is 0.349 bits per heavy atom. The van der Waals surface area contributed by atoms with Crippen LogP contribution in [0.4, 0.5) is 17.1 Å². The Morgan fingerprint density at radius 2 is 0.825 bits per heavy atom. The molecule has 0 amide bonds. The predicted octanol–water partition coefficient (Wildman–Crippen LogP) is 16.8. The molecule has 2 aromatic heterocycles. The van der Waals surface area contributed by atoms with E-state index in [2.05, 4.69) is 246 Å². The molecule has 63 heavy (non-hydrogen) atoms. The summed E-state index contributed by atoms with van der Waals surface area (Å²) < 4.78 is 9.11. The third kappa shape index (κ3) is 6.29. The van der Waals surface area contributed by atoms with E-state index in [-0.39, 0.29) is 0 Å². The van der Waals surface area contributed by atoms with Crippen LogP contribution in [0, 0.1) is 0 Å². The van der Waals surface area contributed by atoms with Crippen LogP contribution in [-0.2, 0) is 0 Å². The van der Waals surface area contributed by atoms with Crippen LogP contribution in [0.5, 0.6) is 0 Å². The molecule has 0 saturated carbocycles. The Morgan fingerprint density at radius 3 is 1.49 bits per heavy atom. The lowest BCUT2D eigenvalue weighted by molar-refractivity contribution is 0.673. The summed E-state index contributed by atoms with van der Waals surface area (Å²) in [5.74, 6) is 0. The molecule has 0 aliphatic carbocycles. The summed E-state index contributed by atoms with van der Waals surface area (Å²) in [7, 11) is 0. The van der Waals surface area contributed by atoms with Gasteiger partial charge >= 0.3 is 0 Å². The molecule has 0 atom stereocenters.